The highest BCUT2D eigenvalue weighted by Crippen LogP contribution is 2.15. The van der Waals surface area contributed by atoms with Crippen LogP contribution in [-0.2, 0) is 0 Å². The van der Waals surface area contributed by atoms with Crippen molar-refractivity contribution in [1.82, 2.24) is 10.6 Å². The second-order valence-electron chi connectivity index (χ2n) is 4.96. The van der Waals surface area contributed by atoms with Crippen molar-refractivity contribution in [2.45, 2.75) is 40.0 Å². The maximum atomic E-state index is 4.64. The van der Waals surface area contributed by atoms with Crippen LogP contribution in [0.1, 0.15) is 44.2 Å². The zero-order chi connectivity index (χ0) is 14.1. The van der Waals surface area contributed by atoms with Crippen molar-refractivity contribution in [1.29, 1.82) is 0 Å². The molecular formula is C16H27N3. The summed E-state index contributed by atoms with van der Waals surface area (Å²) in [4.78, 5) is 4.64. The number of hydrogen-bond donors (Lipinski definition) is 2. The number of aryl methyl sites for hydroxylation is 1. The smallest absolute Gasteiger partial charge is 0.191 e. The fraction of sp³-hybridized carbons (Fsp3) is 0.562. The molecule has 3 heteroatoms. The molecule has 1 atom stereocenters. The van der Waals surface area contributed by atoms with Gasteiger partial charge in [-0.25, -0.2) is 0 Å². The molecule has 106 valence electrons. The number of nitrogens with one attached hydrogen (secondary N) is 2. The van der Waals surface area contributed by atoms with Gasteiger partial charge in [0, 0.05) is 25.6 Å². The van der Waals surface area contributed by atoms with Gasteiger partial charge in [0.1, 0.15) is 0 Å². The first-order valence-corrected chi connectivity index (χ1v) is 7.26. The predicted molar refractivity (Wildman–Crippen MR) is 83.9 cm³/mol. The standard InChI is InChI=1S/C16H27N3/c1-5-11-18-16(17-6-2)19-12-14(4)15-9-7-13(3)8-10-15/h7-10,14H,5-6,11-12H2,1-4H3,(H2,17,18,19). The summed E-state index contributed by atoms with van der Waals surface area (Å²) in [5.41, 5.74) is 2.65. The van der Waals surface area contributed by atoms with Crippen LogP contribution in [0.25, 0.3) is 0 Å². The highest BCUT2D eigenvalue weighted by molar-refractivity contribution is 5.79. The lowest BCUT2D eigenvalue weighted by molar-refractivity contribution is 0.741. The van der Waals surface area contributed by atoms with Gasteiger partial charge in [0.05, 0.1) is 0 Å². The Labute approximate surface area is 117 Å². The van der Waals surface area contributed by atoms with Crippen molar-refractivity contribution in [3.05, 3.63) is 35.4 Å². The Balaban J connectivity index is 2.57. The van der Waals surface area contributed by atoms with E-state index in [9.17, 15) is 0 Å². The van der Waals surface area contributed by atoms with E-state index in [0.29, 0.717) is 5.92 Å². The lowest BCUT2D eigenvalue weighted by atomic mass is 10.0. The number of guanidine groups is 1. The Hall–Kier alpha value is -1.51. The van der Waals surface area contributed by atoms with Gasteiger partial charge in [-0.1, -0.05) is 43.7 Å². The molecule has 1 rings (SSSR count). The van der Waals surface area contributed by atoms with Crippen LogP contribution in [0.4, 0.5) is 0 Å². The van der Waals surface area contributed by atoms with Crippen molar-refractivity contribution in [3.8, 4) is 0 Å². The first-order chi connectivity index (χ1) is 9.17. The highest BCUT2D eigenvalue weighted by atomic mass is 15.2. The van der Waals surface area contributed by atoms with Gasteiger partial charge in [-0.05, 0) is 25.8 Å². The number of nitrogens with zero attached hydrogens (tertiary/aromatic N) is 1. The van der Waals surface area contributed by atoms with Gasteiger partial charge in [-0.2, -0.15) is 0 Å². The van der Waals surface area contributed by atoms with E-state index in [1.54, 1.807) is 0 Å². The van der Waals surface area contributed by atoms with Gasteiger partial charge in [0.2, 0.25) is 0 Å². The second-order valence-corrected chi connectivity index (χ2v) is 4.96. The lowest BCUT2D eigenvalue weighted by Crippen LogP contribution is -2.37. The minimum absolute atomic E-state index is 0.442. The van der Waals surface area contributed by atoms with Crippen LogP contribution in [0.3, 0.4) is 0 Å². The summed E-state index contributed by atoms with van der Waals surface area (Å²) >= 11 is 0. The Morgan fingerprint density at radius 3 is 2.42 bits per heavy atom. The van der Waals surface area contributed by atoms with Gasteiger partial charge in [-0.15, -0.1) is 0 Å². The molecule has 1 aromatic carbocycles. The zero-order valence-corrected chi connectivity index (χ0v) is 12.7. The molecule has 1 unspecified atom stereocenters. The largest absolute Gasteiger partial charge is 0.357 e. The van der Waals surface area contributed by atoms with Crippen molar-refractivity contribution in [3.63, 3.8) is 0 Å². The molecule has 1 aromatic rings. The Kier molecular flexibility index (Phi) is 7.01. The fourth-order valence-corrected chi connectivity index (χ4v) is 1.81. The van der Waals surface area contributed by atoms with Gasteiger partial charge in [0.15, 0.2) is 5.96 Å². The average Bonchev–Trinajstić information content (AvgIpc) is 2.42. The maximum absolute atomic E-state index is 4.64. The van der Waals surface area contributed by atoms with Crippen molar-refractivity contribution < 1.29 is 0 Å². The molecule has 0 aliphatic carbocycles. The first-order valence-electron chi connectivity index (χ1n) is 7.26. The average molecular weight is 261 g/mol. The van der Waals surface area contributed by atoms with E-state index >= 15 is 0 Å². The van der Waals surface area contributed by atoms with E-state index in [-0.39, 0.29) is 0 Å². The van der Waals surface area contributed by atoms with Crippen LogP contribution in [0.2, 0.25) is 0 Å². The Bertz CT molecular complexity index is 381. The monoisotopic (exact) mass is 261 g/mol. The molecule has 19 heavy (non-hydrogen) atoms. The first kappa shape index (κ1) is 15.5. The van der Waals surface area contributed by atoms with Crippen LogP contribution < -0.4 is 10.6 Å². The van der Waals surface area contributed by atoms with E-state index in [0.717, 1.165) is 32.0 Å². The second kappa shape index (κ2) is 8.57. The molecule has 0 amide bonds. The predicted octanol–water partition coefficient (Wildman–Crippen LogP) is 3.06. The van der Waals surface area contributed by atoms with Crippen LogP contribution in [-0.4, -0.2) is 25.6 Å². The summed E-state index contributed by atoms with van der Waals surface area (Å²) in [5, 5.41) is 6.60. The summed E-state index contributed by atoms with van der Waals surface area (Å²) in [5.74, 6) is 1.36. The quantitative estimate of drug-likeness (QED) is 0.610. The molecule has 0 saturated carbocycles. The molecule has 0 aromatic heterocycles. The Morgan fingerprint density at radius 2 is 1.84 bits per heavy atom. The summed E-state index contributed by atoms with van der Waals surface area (Å²) in [6.45, 7) is 11.3. The number of hydrogen-bond acceptors (Lipinski definition) is 1. The molecule has 0 heterocycles. The van der Waals surface area contributed by atoms with Gasteiger partial charge < -0.3 is 10.6 Å². The molecule has 0 fully saturated rings. The fourth-order valence-electron chi connectivity index (χ4n) is 1.81. The molecule has 0 saturated heterocycles. The molecule has 0 bridgehead atoms. The minimum atomic E-state index is 0.442. The summed E-state index contributed by atoms with van der Waals surface area (Å²) < 4.78 is 0. The highest BCUT2D eigenvalue weighted by Gasteiger charge is 2.05. The number of rotatable bonds is 6. The summed E-state index contributed by atoms with van der Waals surface area (Å²) in [6.07, 6.45) is 1.11. The third-order valence-electron chi connectivity index (χ3n) is 3.06. The minimum Gasteiger partial charge on any atom is -0.357 e. The summed E-state index contributed by atoms with van der Waals surface area (Å²) in [7, 11) is 0. The molecule has 0 aliphatic rings. The molecule has 3 nitrogen and oxygen atoms in total. The SMILES string of the molecule is CCCNC(=NCC(C)c1ccc(C)cc1)NCC. The summed E-state index contributed by atoms with van der Waals surface area (Å²) in [6, 6.07) is 8.72. The molecule has 0 radical (unpaired) electrons. The van der Waals surface area contributed by atoms with E-state index in [1.807, 2.05) is 0 Å². The molecular weight excluding hydrogens is 234 g/mol. The zero-order valence-electron chi connectivity index (χ0n) is 12.7. The molecule has 2 N–H and O–H groups in total. The van der Waals surface area contributed by atoms with Crippen LogP contribution in [0, 0.1) is 6.92 Å². The van der Waals surface area contributed by atoms with Gasteiger partial charge >= 0.3 is 0 Å². The lowest BCUT2D eigenvalue weighted by Gasteiger charge is -2.13. The van der Waals surface area contributed by atoms with Crippen molar-refractivity contribution >= 4 is 5.96 Å². The van der Waals surface area contributed by atoms with E-state index < -0.39 is 0 Å². The maximum Gasteiger partial charge on any atom is 0.191 e. The van der Waals surface area contributed by atoms with Crippen LogP contribution in [0.5, 0.6) is 0 Å². The third-order valence-corrected chi connectivity index (χ3v) is 3.06. The Morgan fingerprint density at radius 1 is 1.16 bits per heavy atom. The normalized spacial score (nSPS) is 13.2. The molecule has 0 spiro atoms. The van der Waals surface area contributed by atoms with Gasteiger partial charge in [-0.3, -0.25) is 4.99 Å². The van der Waals surface area contributed by atoms with Crippen LogP contribution >= 0.6 is 0 Å². The number of aliphatic imine (C=N–C) groups is 1. The third kappa shape index (κ3) is 5.77. The van der Waals surface area contributed by atoms with E-state index in [4.69, 9.17) is 0 Å². The van der Waals surface area contributed by atoms with Gasteiger partial charge in [0.25, 0.3) is 0 Å². The van der Waals surface area contributed by atoms with Crippen molar-refractivity contribution in [2.75, 3.05) is 19.6 Å². The van der Waals surface area contributed by atoms with E-state index in [2.05, 4.69) is 67.6 Å². The van der Waals surface area contributed by atoms with Crippen molar-refractivity contribution in [2.24, 2.45) is 4.99 Å². The molecule has 0 aliphatic heterocycles. The number of benzene rings is 1. The topological polar surface area (TPSA) is 36.4 Å². The van der Waals surface area contributed by atoms with Crippen LogP contribution in [0.15, 0.2) is 29.3 Å². The van der Waals surface area contributed by atoms with E-state index in [1.165, 1.54) is 11.1 Å².